The summed E-state index contributed by atoms with van der Waals surface area (Å²) >= 11 is 0. The molecule has 4 heteroatoms. The van der Waals surface area contributed by atoms with Gasteiger partial charge in [-0.2, -0.15) is 0 Å². The first-order valence-corrected chi connectivity index (χ1v) is 7.40. The van der Waals surface area contributed by atoms with E-state index in [1.54, 1.807) is 0 Å². The highest BCUT2D eigenvalue weighted by atomic mass is 16.5. The molecule has 1 aliphatic heterocycles. The van der Waals surface area contributed by atoms with Crippen molar-refractivity contribution in [1.82, 2.24) is 15.1 Å². The Bertz CT molecular complexity index is 199. The molecule has 1 rings (SSSR count). The van der Waals surface area contributed by atoms with E-state index in [4.69, 9.17) is 4.74 Å². The Morgan fingerprint density at radius 1 is 1.33 bits per heavy atom. The van der Waals surface area contributed by atoms with Gasteiger partial charge in [-0.05, 0) is 40.0 Å². The Hall–Kier alpha value is -0.160. The molecule has 108 valence electrons. The molecule has 0 spiro atoms. The van der Waals surface area contributed by atoms with Crippen LogP contribution in [0.5, 0.6) is 0 Å². The lowest BCUT2D eigenvalue weighted by Crippen LogP contribution is -2.39. The molecule has 1 saturated heterocycles. The van der Waals surface area contributed by atoms with Crippen LogP contribution in [-0.2, 0) is 4.74 Å². The first kappa shape index (κ1) is 15.9. The summed E-state index contributed by atoms with van der Waals surface area (Å²) < 4.78 is 5.68. The van der Waals surface area contributed by atoms with Crippen molar-refractivity contribution in [3.05, 3.63) is 0 Å². The van der Waals surface area contributed by atoms with E-state index < -0.39 is 0 Å². The zero-order chi connectivity index (χ0) is 13.2. The van der Waals surface area contributed by atoms with Gasteiger partial charge in [0.15, 0.2) is 0 Å². The van der Waals surface area contributed by atoms with Crippen molar-refractivity contribution in [3.63, 3.8) is 0 Å². The predicted octanol–water partition coefficient (Wildman–Crippen LogP) is 1.03. The van der Waals surface area contributed by atoms with Crippen LogP contribution in [0.15, 0.2) is 0 Å². The smallest absolute Gasteiger partial charge is 0.0594 e. The quantitative estimate of drug-likeness (QED) is 0.657. The normalized spacial score (nSPS) is 22.3. The minimum absolute atomic E-state index is 0.680. The van der Waals surface area contributed by atoms with Crippen LogP contribution in [0.3, 0.4) is 0 Å². The van der Waals surface area contributed by atoms with E-state index in [0.717, 1.165) is 26.3 Å². The Balaban J connectivity index is 2.11. The molecule has 0 bridgehead atoms. The van der Waals surface area contributed by atoms with Gasteiger partial charge in [0.1, 0.15) is 0 Å². The fourth-order valence-electron chi connectivity index (χ4n) is 2.36. The standard InChI is InChI=1S/C14H31N3O/c1-4-6-14-13-17(8-5-7-15-14)10-12-18-11-9-16(2)3/h14-15H,4-13H2,1-3H3. The van der Waals surface area contributed by atoms with Crippen LogP contribution in [0.2, 0.25) is 0 Å². The van der Waals surface area contributed by atoms with Crippen LogP contribution in [0, 0.1) is 0 Å². The molecular formula is C14H31N3O. The van der Waals surface area contributed by atoms with Crippen LogP contribution >= 0.6 is 0 Å². The van der Waals surface area contributed by atoms with Gasteiger partial charge in [-0.15, -0.1) is 0 Å². The van der Waals surface area contributed by atoms with Gasteiger partial charge >= 0.3 is 0 Å². The Morgan fingerprint density at radius 3 is 2.89 bits per heavy atom. The van der Waals surface area contributed by atoms with Crippen LogP contribution in [0.4, 0.5) is 0 Å². The molecule has 1 heterocycles. The summed E-state index contributed by atoms with van der Waals surface area (Å²) in [6.45, 7) is 9.64. The van der Waals surface area contributed by atoms with Crippen LogP contribution in [-0.4, -0.2) is 75.9 Å². The monoisotopic (exact) mass is 257 g/mol. The summed E-state index contributed by atoms with van der Waals surface area (Å²) in [5, 5.41) is 3.64. The summed E-state index contributed by atoms with van der Waals surface area (Å²) in [6.07, 6.45) is 3.82. The molecule has 1 atom stereocenters. The molecule has 0 aliphatic carbocycles. The number of nitrogens with one attached hydrogen (secondary N) is 1. The maximum atomic E-state index is 5.68. The Kier molecular flexibility index (Phi) is 8.59. The lowest BCUT2D eigenvalue weighted by atomic mass is 10.1. The zero-order valence-electron chi connectivity index (χ0n) is 12.5. The van der Waals surface area contributed by atoms with Crippen molar-refractivity contribution in [1.29, 1.82) is 0 Å². The third-order valence-corrected chi connectivity index (χ3v) is 3.43. The molecule has 1 unspecified atom stereocenters. The van der Waals surface area contributed by atoms with Gasteiger partial charge in [-0.3, -0.25) is 4.90 Å². The van der Waals surface area contributed by atoms with Gasteiger partial charge in [-0.1, -0.05) is 13.3 Å². The molecule has 4 nitrogen and oxygen atoms in total. The van der Waals surface area contributed by atoms with Crippen molar-refractivity contribution in [3.8, 4) is 0 Å². The van der Waals surface area contributed by atoms with E-state index in [1.807, 2.05) is 0 Å². The molecule has 1 fully saturated rings. The topological polar surface area (TPSA) is 27.7 Å². The molecule has 0 saturated carbocycles. The van der Waals surface area contributed by atoms with Crippen LogP contribution in [0.25, 0.3) is 0 Å². The van der Waals surface area contributed by atoms with Crippen molar-refractivity contribution < 1.29 is 4.74 Å². The predicted molar refractivity (Wildman–Crippen MR) is 77.1 cm³/mol. The lowest BCUT2D eigenvalue weighted by Gasteiger charge is -2.24. The minimum atomic E-state index is 0.680. The third-order valence-electron chi connectivity index (χ3n) is 3.43. The maximum absolute atomic E-state index is 5.68. The number of rotatable bonds is 8. The SMILES string of the molecule is CCCC1CN(CCOCCN(C)C)CCCN1. The summed E-state index contributed by atoms with van der Waals surface area (Å²) in [6, 6.07) is 0.680. The average Bonchev–Trinajstić information content (AvgIpc) is 2.54. The Morgan fingerprint density at radius 2 is 2.17 bits per heavy atom. The molecular weight excluding hydrogens is 226 g/mol. The summed E-state index contributed by atoms with van der Waals surface area (Å²) in [4.78, 5) is 4.71. The number of hydrogen-bond acceptors (Lipinski definition) is 4. The fraction of sp³-hybridized carbons (Fsp3) is 1.00. The van der Waals surface area contributed by atoms with Crippen molar-refractivity contribution >= 4 is 0 Å². The highest BCUT2D eigenvalue weighted by Gasteiger charge is 2.16. The van der Waals surface area contributed by atoms with Gasteiger partial charge < -0.3 is 15.0 Å². The van der Waals surface area contributed by atoms with Gasteiger partial charge in [0.2, 0.25) is 0 Å². The number of likely N-dealkylation sites (N-methyl/N-ethyl adjacent to an activating group) is 1. The van der Waals surface area contributed by atoms with Gasteiger partial charge in [0, 0.05) is 25.7 Å². The van der Waals surface area contributed by atoms with E-state index in [2.05, 4.69) is 36.1 Å². The number of ether oxygens (including phenoxy) is 1. The average molecular weight is 257 g/mol. The fourth-order valence-corrected chi connectivity index (χ4v) is 2.36. The molecule has 1 aliphatic rings. The molecule has 0 radical (unpaired) electrons. The number of hydrogen-bond donors (Lipinski definition) is 1. The molecule has 0 aromatic carbocycles. The third kappa shape index (κ3) is 7.31. The van der Waals surface area contributed by atoms with Crippen molar-refractivity contribution in [2.75, 3.05) is 60.0 Å². The van der Waals surface area contributed by atoms with Crippen molar-refractivity contribution in [2.45, 2.75) is 32.2 Å². The summed E-state index contributed by atoms with van der Waals surface area (Å²) in [5.74, 6) is 0. The molecule has 0 aromatic rings. The largest absolute Gasteiger partial charge is 0.379 e. The van der Waals surface area contributed by atoms with Crippen LogP contribution in [0.1, 0.15) is 26.2 Å². The van der Waals surface area contributed by atoms with Crippen LogP contribution < -0.4 is 5.32 Å². The first-order chi connectivity index (χ1) is 8.72. The van der Waals surface area contributed by atoms with E-state index in [0.29, 0.717) is 6.04 Å². The Labute approximate surface area is 113 Å². The maximum Gasteiger partial charge on any atom is 0.0594 e. The van der Waals surface area contributed by atoms with E-state index >= 15 is 0 Å². The second-order valence-corrected chi connectivity index (χ2v) is 5.51. The molecule has 18 heavy (non-hydrogen) atoms. The van der Waals surface area contributed by atoms with Gasteiger partial charge in [0.25, 0.3) is 0 Å². The van der Waals surface area contributed by atoms with E-state index in [9.17, 15) is 0 Å². The van der Waals surface area contributed by atoms with E-state index in [1.165, 1.54) is 38.9 Å². The molecule has 0 amide bonds. The highest BCUT2D eigenvalue weighted by molar-refractivity contribution is 4.76. The summed E-state index contributed by atoms with van der Waals surface area (Å²) in [7, 11) is 4.17. The second kappa shape index (κ2) is 9.73. The number of nitrogens with zero attached hydrogens (tertiary/aromatic N) is 2. The van der Waals surface area contributed by atoms with E-state index in [-0.39, 0.29) is 0 Å². The summed E-state index contributed by atoms with van der Waals surface area (Å²) in [5.41, 5.74) is 0. The van der Waals surface area contributed by atoms with Gasteiger partial charge in [-0.25, -0.2) is 0 Å². The molecule has 1 N–H and O–H groups in total. The molecule has 0 aromatic heterocycles. The van der Waals surface area contributed by atoms with Crippen molar-refractivity contribution in [2.24, 2.45) is 0 Å². The first-order valence-electron chi connectivity index (χ1n) is 7.40. The lowest BCUT2D eigenvalue weighted by molar-refractivity contribution is 0.0915. The second-order valence-electron chi connectivity index (χ2n) is 5.51. The highest BCUT2D eigenvalue weighted by Crippen LogP contribution is 2.05. The zero-order valence-corrected chi connectivity index (χ0v) is 12.5. The van der Waals surface area contributed by atoms with Gasteiger partial charge in [0.05, 0.1) is 13.2 Å². The minimum Gasteiger partial charge on any atom is -0.379 e.